The van der Waals surface area contributed by atoms with E-state index in [-0.39, 0.29) is 22.7 Å². The molecular formula is C19H15ClF2N2O3. The molecule has 5 nitrogen and oxygen atoms in total. The van der Waals surface area contributed by atoms with Gasteiger partial charge in [-0.05, 0) is 37.3 Å². The molecule has 27 heavy (non-hydrogen) atoms. The van der Waals surface area contributed by atoms with Gasteiger partial charge in [0, 0.05) is 27.4 Å². The van der Waals surface area contributed by atoms with Crippen LogP contribution in [0.2, 0.25) is 5.02 Å². The van der Waals surface area contributed by atoms with E-state index in [4.69, 9.17) is 11.6 Å². The van der Waals surface area contributed by atoms with E-state index in [1.165, 1.54) is 18.2 Å². The van der Waals surface area contributed by atoms with Gasteiger partial charge in [-0.1, -0.05) is 29.8 Å². The third-order valence-corrected chi connectivity index (χ3v) is 4.32. The maximum absolute atomic E-state index is 13.1. The van der Waals surface area contributed by atoms with Gasteiger partial charge in [-0.2, -0.15) is 8.78 Å². The lowest BCUT2D eigenvalue weighted by Crippen LogP contribution is -2.45. The average Bonchev–Trinajstić information content (AvgIpc) is 2.61. The van der Waals surface area contributed by atoms with Crippen LogP contribution >= 0.6 is 11.6 Å². The quantitative estimate of drug-likeness (QED) is 0.738. The summed E-state index contributed by atoms with van der Waals surface area (Å²) in [6.07, 6.45) is 0. The van der Waals surface area contributed by atoms with Gasteiger partial charge < -0.3 is 15.4 Å². The van der Waals surface area contributed by atoms with Gasteiger partial charge in [0.05, 0.1) is 6.04 Å². The monoisotopic (exact) mass is 392 g/mol. The molecule has 0 aromatic heterocycles. The number of para-hydroxylation sites is 1. The van der Waals surface area contributed by atoms with E-state index in [0.29, 0.717) is 16.3 Å². The zero-order valence-electron chi connectivity index (χ0n) is 14.1. The molecule has 1 heterocycles. The van der Waals surface area contributed by atoms with Crippen molar-refractivity contribution < 1.29 is 23.1 Å². The molecule has 1 unspecified atom stereocenters. The molecule has 1 atom stereocenters. The third kappa shape index (κ3) is 4.09. The fourth-order valence-corrected chi connectivity index (χ4v) is 3.03. The van der Waals surface area contributed by atoms with Crippen molar-refractivity contribution in [3.63, 3.8) is 0 Å². The molecule has 2 aromatic rings. The van der Waals surface area contributed by atoms with Crippen LogP contribution in [-0.2, 0) is 0 Å². The molecule has 0 fully saturated rings. The van der Waals surface area contributed by atoms with E-state index >= 15 is 0 Å². The fraction of sp³-hybridized carbons (Fsp3) is 0.158. The Kier molecular flexibility index (Phi) is 5.41. The van der Waals surface area contributed by atoms with Crippen LogP contribution in [0.4, 0.5) is 13.6 Å². The number of benzene rings is 2. The normalized spacial score (nSPS) is 16.8. The third-order valence-electron chi connectivity index (χ3n) is 4.07. The molecule has 8 heteroatoms. The van der Waals surface area contributed by atoms with Crippen LogP contribution in [0.25, 0.3) is 0 Å². The summed E-state index contributed by atoms with van der Waals surface area (Å²) in [7, 11) is 0. The largest absolute Gasteiger partial charge is 0.434 e. The number of rotatable bonds is 5. The van der Waals surface area contributed by atoms with Crippen LogP contribution in [0.3, 0.4) is 0 Å². The number of alkyl halides is 2. The van der Waals surface area contributed by atoms with E-state index in [1.807, 2.05) is 0 Å². The van der Waals surface area contributed by atoms with Gasteiger partial charge in [0.2, 0.25) is 0 Å². The summed E-state index contributed by atoms with van der Waals surface area (Å²) in [6, 6.07) is 10.8. The minimum Gasteiger partial charge on any atom is -0.434 e. The van der Waals surface area contributed by atoms with Crippen molar-refractivity contribution in [1.82, 2.24) is 10.6 Å². The summed E-state index contributed by atoms with van der Waals surface area (Å²) in [6.45, 7) is -1.46. The lowest BCUT2D eigenvalue weighted by Gasteiger charge is -2.29. The number of amides is 2. The maximum Gasteiger partial charge on any atom is 0.387 e. The number of urea groups is 1. The minimum atomic E-state index is -3.04. The molecule has 1 aliphatic rings. The van der Waals surface area contributed by atoms with Crippen LogP contribution in [0, 0.1) is 0 Å². The highest BCUT2D eigenvalue weighted by Gasteiger charge is 2.33. The summed E-state index contributed by atoms with van der Waals surface area (Å²) >= 11 is 5.86. The van der Waals surface area contributed by atoms with Gasteiger partial charge >= 0.3 is 12.6 Å². The second-order valence-electron chi connectivity index (χ2n) is 5.82. The molecule has 0 saturated carbocycles. The molecule has 140 valence electrons. The highest BCUT2D eigenvalue weighted by Crippen LogP contribution is 2.35. The van der Waals surface area contributed by atoms with Crippen LogP contribution in [0.1, 0.15) is 28.9 Å². The van der Waals surface area contributed by atoms with Crippen molar-refractivity contribution in [2.45, 2.75) is 19.6 Å². The van der Waals surface area contributed by atoms with Crippen LogP contribution in [-0.4, -0.2) is 18.4 Å². The number of carbonyl (C=O) groups is 2. The van der Waals surface area contributed by atoms with Gasteiger partial charge in [0.25, 0.3) is 0 Å². The molecule has 0 radical (unpaired) electrons. The van der Waals surface area contributed by atoms with Gasteiger partial charge in [-0.15, -0.1) is 0 Å². The van der Waals surface area contributed by atoms with Crippen LogP contribution in [0.15, 0.2) is 59.8 Å². The summed E-state index contributed by atoms with van der Waals surface area (Å²) < 4.78 is 30.1. The smallest absolute Gasteiger partial charge is 0.387 e. The van der Waals surface area contributed by atoms with Crippen LogP contribution < -0.4 is 15.4 Å². The fourth-order valence-electron chi connectivity index (χ4n) is 2.91. The van der Waals surface area contributed by atoms with Crippen molar-refractivity contribution >= 4 is 23.4 Å². The first-order valence-electron chi connectivity index (χ1n) is 7.99. The molecule has 0 spiro atoms. The zero-order chi connectivity index (χ0) is 19.6. The van der Waals surface area contributed by atoms with E-state index < -0.39 is 18.7 Å². The van der Waals surface area contributed by atoms with Crippen molar-refractivity contribution in [2.75, 3.05) is 0 Å². The Labute approximate surface area is 159 Å². The topological polar surface area (TPSA) is 67.4 Å². The summed E-state index contributed by atoms with van der Waals surface area (Å²) in [5.41, 5.74) is 1.16. The molecule has 1 aliphatic heterocycles. The van der Waals surface area contributed by atoms with Crippen molar-refractivity contribution in [3.8, 4) is 5.75 Å². The number of halogens is 3. The Morgan fingerprint density at radius 3 is 2.48 bits per heavy atom. The number of ketones is 1. The summed E-state index contributed by atoms with van der Waals surface area (Å²) in [5.74, 6) is -0.484. The van der Waals surface area contributed by atoms with Gasteiger partial charge in [0.1, 0.15) is 5.75 Å². The van der Waals surface area contributed by atoms with Gasteiger partial charge in [0.15, 0.2) is 5.78 Å². The Hall–Kier alpha value is -2.93. The van der Waals surface area contributed by atoms with Crippen molar-refractivity contribution in [1.29, 1.82) is 0 Å². The van der Waals surface area contributed by atoms with E-state index in [9.17, 15) is 18.4 Å². The highest BCUT2D eigenvalue weighted by atomic mass is 35.5. The summed E-state index contributed by atoms with van der Waals surface area (Å²) in [5, 5.41) is 5.63. The molecule has 2 amide bonds. The first-order valence-corrected chi connectivity index (χ1v) is 8.37. The zero-order valence-corrected chi connectivity index (χ0v) is 14.9. The lowest BCUT2D eigenvalue weighted by molar-refractivity contribution is -0.0505. The number of nitrogens with one attached hydrogen (secondary N) is 2. The molecule has 2 N–H and O–H groups in total. The molecule has 0 bridgehead atoms. The molecule has 3 rings (SSSR count). The van der Waals surface area contributed by atoms with E-state index in [2.05, 4.69) is 15.4 Å². The number of Topliss-reactive ketones (excluding diaryl/α,β-unsaturated/α-hetero) is 1. The summed E-state index contributed by atoms with van der Waals surface area (Å²) in [4.78, 5) is 25.0. The highest BCUT2D eigenvalue weighted by molar-refractivity contribution is 6.30. The molecular weight excluding hydrogens is 378 g/mol. The standard InChI is InChI=1S/C19H15ClF2N2O3/c1-10-15(17(25)11-6-8-12(20)9-7-11)16(24-19(26)23-10)13-4-2-3-5-14(13)27-18(21)22/h2-9,16,18H,1H3,(H2,23,24,26). The van der Waals surface area contributed by atoms with Gasteiger partial charge in [-0.25, -0.2) is 4.79 Å². The maximum atomic E-state index is 13.1. The Bertz CT molecular complexity index is 913. The number of allylic oxidation sites excluding steroid dienone is 1. The van der Waals surface area contributed by atoms with E-state index in [1.54, 1.807) is 37.3 Å². The first-order chi connectivity index (χ1) is 12.9. The minimum absolute atomic E-state index is 0.117. The average molecular weight is 393 g/mol. The lowest BCUT2D eigenvalue weighted by atomic mass is 9.89. The predicted octanol–water partition coefficient (Wildman–Crippen LogP) is 4.45. The second-order valence-corrected chi connectivity index (χ2v) is 6.26. The van der Waals surface area contributed by atoms with Crippen LogP contribution in [0.5, 0.6) is 5.75 Å². The number of carbonyl (C=O) groups excluding carboxylic acids is 2. The molecule has 0 saturated heterocycles. The molecule has 2 aromatic carbocycles. The Morgan fingerprint density at radius 1 is 1.15 bits per heavy atom. The predicted molar refractivity (Wildman–Crippen MR) is 96.0 cm³/mol. The second kappa shape index (κ2) is 7.75. The molecule has 0 aliphatic carbocycles. The Morgan fingerprint density at radius 2 is 1.81 bits per heavy atom. The van der Waals surface area contributed by atoms with Gasteiger partial charge in [-0.3, -0.25) is 4.79 Å². The number of hydrogen-bond acceptors (Lipinski definition) is 3. The first kappa shape index (κ1) is 18.8. The SMILES string of the molecule is CC1=C(C(=O)c2ccc(Cl)cc2)C(c2ccccc2OC(F)F)NC(=O)N1. The van der Waals surface area contributed by atoms with E-state index in [0.717, 1.165) is 0 Å². The van der Waals surface area contributed by atoms with Crippen molar-refractivity contribution in [3.05, 3.63) is 76.0 Å². The van der Waals surface area contributed by atoms with Crippen molar-refractivity contribution in [2.24, 2.45) is 0 Å². The number of hydrogen-bond donors (Lipinski definition) is 2. The number of ether oxygens (including phenoxy) is 1. The Balaban J connectivity index is 2.08.